The molecule has 0 aliphatic heterocycles. The minimum absolute atomic E-state index is 0.0189. The molecule has 3 aromatic rings. The van der Waals surface area contributed by atoms with E-state index < -0.39 is 0 Å². The van der Waals surface area contributed by atoms with Crippen molar-refractivity contribution in [1.29, 1.82) is 0 Å². The van der Waals surface area contributed by atoms with Crippen molar-refractivity contribution in [2.24, 2.45) is 0 Å². The molecule has 150 valence electrons. The molecule has 2 aromatic carbocycles. The lowest BCUT2D eigenvalue weighted by atomic mass is 10.0. The van der Waals surface area contributed by atoms with Gasteiger partial charge in [-0.1, -0.05) is 62.0 Å². The Labute approximate surface area is 175 Å². The predicted octanol–water partition coefficient (Wildman–Crippen LogP) is 5.00. The number of rotatable bonds is 8. The predicted molar refractivity (Wildman–Crippen MR) is 118 cm³/mol. The Kier molecular flexibility index (Phi) is 6.00. The Balaban J connectivity index is 1.47. The Bertz CT molecular complexity index is 973. The quantitative estimate of drug-likeness (QED) is 0.535. The molecule has 1 amide bonds. The fraction of sp³-hybridized carbons (Fsp3) is 0.348. The summed E-state index contributed by atoms with van der Waals surface area (Å²) in [4.78, 5) is 17.4. The Morgan fingerprint density at radius 3 is 2.38 bits per heavy atom. The topological polar surface area (TPSA) is 59.8 Å². The molecule has 0 saturated heterocycles. The minimum Gasteiger partial charge on any atom is -0.325 e. The van der Waals surface area contributed by atoms with Crippen LogP contribution in [-0.2, 0) is 17.6 Å². The minimum atomic E-state index is -0.0189. The second kappa shape index (κ2) is 8.82. The van der Waals surface area contributed by atoms with Crippen LogP contribution in [0.2, 0.25) is 0 Å². The number of hydrogen-bond acceptors (Lipinski definition) is 4. The summed E-state index contributed by atoms with van der Waals surface area (Å²) in [7, 11) is 0. The average Bonchev–Trinajstić information content (AvgIpc) is 3.52. The summed E-state index contributed by atoms with van der Waals surface area (Å²) in [6, 6.07) is 16.3. The molecule has 1 aliphatic rings. The summed E-state index contributed by atoms with van der Waals surface area (Å²) in [6.45, 7) is 4.22. The molecule has 1 fully saturated rings. The van der Waals surface area contributed by atoms with Crippen LogP contribution in [-0.4, -0.2) is 26.4 Å². The summed E-state index contributed by atoms with van der Waals surface area (Å²) in [6.07, 6.45) is 4.10. The van der Waals surface area contributed by atoms with Gasteiger partial charge in [0.25, 0.3) is 0 Å². The monoisotopic (exact) mass is 406 g/mol. The van der Waals surface area contributed by atoms with Gasteiger partial charge in [0.1, 0.15) is 5.82 Å². The van der Waals surface area contributed by atoms with Crippen molar-refractivity contribution in [1.82, 2.24) is 14.8 Å². The van der Waals surface area contributed by atoms with Gasteiger partial charge in [-0.05, 0) is 48.9 Å². The molecule has 6 heteroatoms. The van der Waals surface area contributed by atoms with Crippen molar-refractivity contribution in [3.8, 4) is 5.69 Å². The van der Waals surface area contributed by atoms with Gasteiger partial charge in [0.2, 0.25) is 11.1 Å². The number of anilines is 1. The van der Waals surface area contributed by atoms with Gasteiger partial charge < -0.3 is 5.32 Å². The molecule has 1 heterocycles. The van der Waals surface area contributed by atoms with Crippen LogP contribution in [0.3, 0.4) is 0 Å². The normalized spacial score (nSPS) is 13.4. The first-order chi connectivity index (χ1) is 14.2. The summed E-state index contributed by atoms with van der Waals surface area (Å²) in [5.41, 5.74) is 4.32. The first-order valence-corrected chi connectivity index (χ1v) is 11.2. The lowest BCUT2D eigenvalue weighted by Gasteiger charge is -2.14. The molecular weight excluding hydrogens is 380 g/mol. The number of para-hydroxylation sites is 2. The van der Waals surface area contributed by atoms with Crippen molar-refractivity contribution in [3.05, 3.63) is 65.5 Å². The van der Waals surface area contributed by atoms with E-state index in [9.17, 15) is 4.79 Å². The van der Waals surface area contributed by atoms with Crippen LogP contribution < -0.4 is 5.32 Å². The Hall–Kier alpha value is -2.60. The number of nitrogens with one attached hydrogen (secondary N) is 1. The lowest BCUT2D eigenvalue weighted by Crippen LogP contribution is -2.16. The number of hydrogen-bond donors (Lipinski definition) is 1. The van der Waals surface area contributed by atoms with Crippen LogP contribution in [0.15, 0.2) is 53.7 Å². The van der Waals surface area contributed by atoms with Crippen LogP contribution in [0.25, 0.3) is 5.69 Å². The Morgan fingerprint density at radius 2 is 1.76 bits per heavy atom. The highest BCUT2D eigenvalue weighted by molar-refractivity contribution is 7.99. The van der Waals surface area contributed by atoms with Gasteiger partial charge in [0, 0.05) is 11.6 Å². The molecule has 1 aromatic heterocycles. The summed E-state index contributed by atoms with van der Waals surface area (Å²) in [5.74, 6) is 1.76. The zero-order valence-corrected chi connectivity index (χ0v) is 17.7. The molecule has 5 nitrogen and oxygen atoms in total. The number of aromatic nitrogens is 3. The highest BCUT2D eigenvalue weighted by Crippen LogP contribution is 2.40. The summed E-state index contributed by atoms with van der Waals surface area (Å²) >= 11 is 1.39. The van der Waals surface area contributed by atoms with Gasteiger partial charge in [0.05, 0.1) is 11.4 Å². The van der Waals surface area contributed by atoms with E-state index in [1.807, 2.05) is 35.0 Å². The van der Waals surface area contributed by atoms with Gasteiger partial charge >= 0.3 is 0 Å². The number of nitrogens with zero attached hydrogens (tertiary/aromatic N) is 3. The number of benzene rings is 2. The van der Waals surface area contributed by atoms with E-state index >= 15 is 0 Å². The second-order valence-electron chi connectivity index (χ2n) is 7.27. The maximum atomic E-state index is 12.6. The summed E-state index contributed by atoms with van der Waals surface area (Å²) < 4.78 is 1.93. The third-order valence-electron chi connectivity index (χ3n) is 5.15. The SMILES string of the molecule is CCc1cccc(CC)c1NC(=O)CSc1nc(C2CC2)n(-c2ccccc2)n1. The Morgan fingerprint density at radius 1 is 1.07 bits per heavy atom. The molecule has 0 unspecified atom stereocenters. The molecule has 1 saturated carbocycles. The molecular formula is C23H26N4OS. The number of carbonyl (C=O) groups is 1. The van der Waals surface area contributed by atoms with E-state index in [4.69, 9.17) is 4.98 Å². The average molecular weight is 407 g/mol. The number of thioether (sulfide) groups is 1. The first kappa shape index (κ1) is 19.7. The molecule has 29 heavy (non-hydrogen) atoms. The molecule has 1 aliphatic carbocycles. The van der Waals surface area contributed by atoms with Gasteiger partial charge in [-0.25, -0.2) is 9.67 Å². The largest absolute Gasteiger partial charge is 0.325 e. The van der Waals surface area contributed by atoms with E-state index in [1.54, 1.807) is 0 Å². The highest BCUT2D eigenvalue weighted by atomic mass is 32.2. The number of carbonyl (C=O) groups excluding carboxylic acids is 1. The highest BCUT2D eigenvalue weighted by Gasteiger charge is 2.30. The molecule has 4 rings (SSSR count). The molecule has 1 N–H and O–H groups in total. The molecule has 0 radical (unpaired) electrons. The van der Waals surface area contributed by atoms with Crippen molar-refractivity contribution >= 4 is 23.4 Å². The van der Waals surface area contributed by atoms with Gasteiger partial charge in [0.15, 0.2) is 0 Å². The second-order valence-corrected chi connectivity index (χ2v) is 8.21. The van der Waals surface area contributed by atoms with Crippen LogP contribution in [0.5, 0.6) is 0 Å². The lowest BCUT2D eigenvalue weighted by molar-refractivity contribution is -0.113. The number of amides is 1. The van der Waals surface area contributed by atoms with Gasteiger partial charge in [-0.15, -0.1) is 5.10 Å². The van der Waals surface area contributed by atoms with Gasteiger partial charge in [-0.3, -0.25) is 4.79 Å². The van der Waals surface area contributed by atoms with Crippen LogP contribution >= 0.6 is 11.8 Å². The maximum absolute atomic E-state index is 12.6. The molecule has 0 atom stereocenters. The van der Waals surface area contributed by atoms with Crippen molar-refractivity contribution in [3.63, 3.8) is 0 Å². The third kappa shape index (κ3) is 4.53. The first-order valence-electron chi connectivity index (χ1n) is 10.2. The number of aryl methyl sites for hydroxylation is 2. The zero-order chi connectivity index (χ0) is 20.2. The summed E-state index contributed by atoms with van der Waals surface area (Å²) in [5, 5.41) is 8.45. The van der Waals surface area contributed by atoms with Crippen LogP contribution in [0, 0.1) is 0 Å². The molecule has 0 spiro atoms. The van der Waals surface area contributed by atoms with Crippen molar-refractivity contribution in [2.75, 3.05) is 11.1 Å². The van der Waals surface area contributed by atoms with Crippen molar-refractivity contribution < 1.29 is 4.79 Å². The van der Waals surface area contributed by atoms with Gasteiger partial charge in [-0.2, -0.15) is 0 Å². The molecule has 0 bridgehead atoms. The fourth-order valence-electron chi connectivity index (χ4n) is 3.44. The van der Waals surface area contributed by atoms with Crippen molar-refractivity contribution in [2.45, 2.75) is 50.6 Å². The van der Waals surface area contributed by atoms with Crippen LogP contribution in [0.4, 0.5) is 5.69 Å². The van der Waals surface area contributed by atoms with E-state index in [2.05, 4.69) is 42.5 Å². The van der Waals surface area contributed by atoms with E-state index in [1.165, 1.54) is 22.9 Å². The van der Waals surface area contributed by atoms with E-state index in [0.717, 1.165) is 42.9 Å². The third-order valence-corrected chi connectivity index (χ3v) is 5.99. The fourth-order valence-corrected chi connectivity index (χ4v) is 4.07. The standard InChI is InChI=1S/C23H26N4OS/c1-3-16-9-8-10-17(4-2)21(16)24-20(28)15-29-23-25-22(18-13-14-18)27(26-23)19-11-6-5-7-12-19/h5-12,18H,3-4,13-15H2,1-2H3,(H,24,28). The van der Waals surface area contributed by atoms with E-state index in [0.29, 0.717) is 16.8 Å². The van der Waals surface area contributed by atoms with E-state index in [-0.39, 0.29) is 5.91 Å². The smallest absolute Gasteiger partial charge is 0.234 e. The van der Waals surface area contributed by atoms with Crippen LogP contribution in [0.1, 0.15) is 49.6 Å². The maximum Gasteiger partial charge on any atom is 0.234 e. The zero-order valence-electron chi connectivity index (χ0n) is 16.9.